The van der Waals surface area contributed by atoms with E-state index < -0.39 is 0 Å². The van der Waals surface area contributed by atoms with Crippen molar-refractivity contribution in [3.63, 3.8) is 0 Å². The van der Waals surface area contributed by atoms with Gasteiger partial charge in [0.2, 0.25) is 0 Å². The minimum atomic E-state index is 0.282. The molecule has 0 aliphatic heterocycles. The van der Waals surface area contributed by atoms with Crippen LogP contribution in [0.4, 0.5) is 0 Å². The number of benzene rings is 1. The van der Waals surface area contributed by atoms with E-state index >= 15 is 0 Å². The third-order valence-electron chi connectivity index (χ3n) is 1.58. The van der Waals surface area contributed by atoms with Gasteiger partial charge in [0, 0.05) is 0 Å². The van der Waals surface area contributed by atoms with Crippen LogP contribution in [0.1, 0.15) is 5.56 Å². The smallest absolute Gasteiger partial charge is 0.190 e. The molecule has 1 N–H and O–H groups in total. The van der Waals surface area contributed by atoms with E-state index in [1.165, 1.54) is 5.56 Å². The lowest BCUT2D eigenvalue weighted by atomic mass is 10.2. The first kappa shape index (κ1) is 10.0. The summed E-state index contributed by atoms with van der Waals surface area (Å²) < 4.78 is 10.4. The Hall–Kier alpha value is -1.06. The second-order valence-electron chi connectivity index (χ2n) is 2.78. The zero-order valence-electron chi connectivity index (χ0n) is 8.04. The molecule has 1 aromatic rings. The quantitative estimate of drug-likeness (QED) is 0.552. The highest BCUT2D eigenvalue weighted by Crippen LogP contribution is 2.10. The van der Waals surface area contributed by atoms with E-state index in [-0.39, 0.29) is 6.79 Å². The first-order valence-electron chi connectivity index (χ1n) is 4.25. The highest BCUT2D eigenvalue weighted by Gasteiger charge is 1.91. The first-order chi connectivity index (χ1) is 6.33. The van der Waals surface area contributed by atoms with E-state index in [2.05, 4.69) is 5.32 Å². The lowest BCUT2D eigenvalue weighted by Crippen LogP contribution is -2.14. The second kappa shape index (κ2) is 5.56. The van der Waals surface area contributed by atoms with Gasteiger partial charge in [-0.05, 0) is 26.1 Å². The van der Waals surface area contributed by atoms with Crippen LogP contribution in [0.3, 0.4) is 0 Å². The molecule has 3 nitrogen and oxygen atoms in total. The molecule has 0 unspecified atom stereocenters. The van der Waals surface area contributed by atoms with Crippen LogP contribution in [-0.2, 0) is 4.74 Å². The highest BCUT2D eigenvalue weighted by atomic mass is 16.7. The summed E-state index contributed by atoms with van der Waals surface area (Å²) in [6, 6.07) is 7.87. The van der Waals surface area contributed by atoms with Crippen molar-refractivity contribution in [1.82, 2.24) is 5.32 Å². The monoisotopic (exact) mass is 181 g/mol. The molecule has 0 fully saturated rings. The van der Waals surface area contributed by atoms with Gasteiger partial charge in [0.15, 0.2) is 6.79 Å². The fourth-order valence-electron chi connectivity index (χ4n) is 0.888. The van der Waals surface area contributed by atoms with Crippen molar-refractivity contribution in [3.05, 3.63) is 29.8 Å². The highest BCUT2D eigenvalue weighted by molar-refractivity contribution is 5.26. The van der Waals surface area contributed by atoms with E-state index in [0.29, 0.717) is 6.73 Å². The van der Waals surface area contributed by atoms with Gasteiger partial charge in [-0.25, -0.2) is 0 Å². The molecule has 3 heteroatoms. The minimum Gasteiger partial charge on any atom is -0.468 e. The van der Waals surface area contributed by atoms with Gasteiger partial charge in [-0.3, -0.25) is 5.32 Å². The Morgan fingerprint density at radius 3 is 2.54 bits per heavy atom. The summed E-state index contributed by atoms with van der Waals surface area (Å²) in [5, 5.41) is 2.86. The van der Waals surface area contributed by atoms with E-state index in [9.17, 15) is 0 Å². The summed E-state index contributed by atoms with van der Waals surface area (Å²) in [5.41, 5.74) is 1.23. The van der Waals surface area contributed by atoms with Crippen molar-refractivity contribution < 1.29 is 9.47 Å². The van der Waals surface area contributed by atoms with Crippen molar-refractivity contribution in [2.75, 3.05) is 20.6 Å². The van der Waals surface area contributed by atoms with Gasteiger partial charge in [-0.1, -0.05) is 17.7 Å². The summed E-state index contributed by atoms with van der Waals surface area (Å²) >= 11 is 0. The molecule has 1 aromatic carbocycles. The van der Waals surface area contributed by atoms with Crippen LogP contribution in [0.5, 0.6) is 5.75 Å². The number of aryl methyl sites for hydroxylation is 1. The molecule has 72 valence electrons. The first-order valence-corrected chi connectivity index (χ1v) is 4.25. The normalized spacial score (nSPS) is 10.0. The summed E-state index contributed by atoms with van der Waals surface area (Å²) in [5.74, 6) is 0.835. The van der Waals surface area contributed by atoms with E-state index in [1.807, 2.05) is 38.2 Å². The Bertz CT molecular complexity index is 233. The Kier molecular flexibility index (Phi) is 4.29. The van der Waals surface area contributed by atoms with E-state index in [0.717, 1.165) is 5.75 Å². The van der Waals surface area contributed by atoms with Crippen LogP contribution >= 0.6 is 0 Å². The van der Waals surface area contributed by atoms with Crippen molar-refractivity contribution in [3.8, 4) is 5.75 Å². The van der Waals surface area contributed by atoms with Crippen LogP contribution in [0.25, 0.3) is 0 Å². The summed E-state index contributed by atoms with van der Waals surface area (Å²) in [4.78, 5) is 0. The molecule has 0 bridgehead atoms. The number of nitrogens with one attached hydrogen (secondary N) is 1. The van der Waals surface area contributed by atoms with Gasteiger partial charge in [0.05, 0.1) is 0 Å². The lowest BCUT2D eigenvalue weighted by Gasteiger charge is -2.06. The molecule has 0 saturated heterocycles. The Labute approximate surface area is 78.7 Å². The molecule has 0 aliphatic carbocycles. The number of ether oxygens (including phenoxy) is 2. The molecule has 0 heterocycles. The topological polar surface area (TPSA) is 30.5 Å². The maximum absolute atomic E-state index is 5.30. The maximum Gasteiger partial charge on any atom is 0.190 e. The van der Waals surface area contributed by atoms with Crippen LogP contribution in [-0.4, -0.2) is 20.6 Å². The third-order valence-corrected chi connectivity index (χ3v) is 1.58. The Morgan fingerprint density at radius 2 is 1.92 bits per heavy atom. The van der Waals surface area contributed by atoms with Crippen molar-refractivity contribution >= 4 is 0 Å². The standard InChI is InChI=1S/C10H15NO2/c1-9-3-5-10(6-4-9)13-8-12-7-11-2/h3-6,11H,7-8H2,1-2H3. The minimum absolute atomic E-state index is 0.282. The Balaban J connectivity index is 2.25. The average Bonchev–Trinajstić information content (AvgIpc) is 2.15. The molecular weight excluding hydrogens is 166 g/mol. The molecule has 13 heavy (non-hydrogen) atoms. The molecule has 1 rings (SSSR count). The molecule has 0 aliphatic rings. The molecule has 0 spiro atoms. The number of rotatable bonds is 5. The van der Waals surface area contributed by atoms with Crippen LogP contribution in [0.15, 0.2) is 24.3 Å². The lowest BCUT2D eigenvalue weighted by molar-refractivity contribution is 0.00854. The van der Waals surface area contributed by atoms with Crippen molar-refractivity contribution in [2.24, 2.45) is 0 Å². The van der Waals surface area contributed by atoms with Crippen molar-refractivity contribution in [2.45, 2.75) is 6.92 Å². The third kappa shape index (κ3) is 3.92. The van der Waals surface area contributed by atoms with E-state index in [4.69, 9.17) is 9.47 Å². The predicted molar refractivity (Wildman–Crippen MR) is 51.7 cm³/mol. The van der Waals surface area contributed by atoms with Gasteiger partial charge in [-0.2, -0.15) is 0 Å². The molecule has 0 radical (unpaired) electrons. The van der Waals surface area contributed by atoms with Crippen LogP contribution in [0.2, 0.25) is 0 Å². The summed E-state index contributed by atoms with van der Waals surface area (Å²) in [6.45, 7) is 2.83. The summed E-state index contributed by atoms with van der Waals surface area (Å²) in [7, 11) is 1.83. The number of hydrogen-bond acceptors (Lipinski definition) is 3. The average molecular weight is 181 g/mol. The second-order valence-corrected chi connectivity index (χ2v) is 2.78. The Morgan fingerprint density at radius 1 is 1.23 bits per heavy atom. The van der Waals surface area contributed by atoms with E-state index in [1.54, 1.807) is 0 Å². The molecule has 0 aromatic heterocycles. The predicted octanol–water partition coefficient (Wildman–Crippen LogP) is 1.52. The summed E-state index contributed by atoms with van der Waals surface area (Å²) in [6.07, 6.45) is 0. The molecule has 0 amide bonds. The molecule has 0 atom stereocenters. The fourth-order valence-corrected chi connectivity index (χ4v) is 0.888. The SMILES string of the molecule is CNCOCOc1ccc(C)cc1. The van der Waals surface area contributed by atoms with Gasteiger partial charge < -0.3 is 9.47 Å². The van der Waals surface area contributed by atoms with Gasteiger partial charge >= 0.3 is 0 Å². The van der Waals surface area contributed by atoms with Gasteiger partial charge in [0.25, 0.3) is 0 Å². The van der Waals surface area contributed by atoms with Gasteiger partial charge in [-0.15, -0.1) is 0 Å². The van der Waals surface area contributed by atoms with Crippen LogP contribution in [0, 0.1) is 6.92 Å². The fraction of sp³-hybridized carbons (Fsp3) is 0.400. The molecular formula is C10H15NO2. The molecule has 0 saturated carbocycles. The zero-order valence-corrected chi connectivity index (χ0v) is 8.04. The van der Waals surface area contributed by atoms with Gasteiger partial charge in [0.1, 0.15) is 12.5 Å². The van der Waals surface area contributed by atoms with Crippen molar-refractivity contribution in [1.29, 1.82) is 0 Å². The zero-order chi connectivity index (χ0) is 9.52. The maximum atomic E-state index is 5.30. The number of hydrogen-bond donors (Lipinski definition) is 1. The van der Waals surface area contributed by atoms with Crippen LogP contribution < -0.4 is 10.1 Å². The largest absolute Gasteiger partial charge is 0.468 e.